The van der Waals surface area contributed by atoms with Crippen LogP contribution in [0.3, 0.4) is 0 Å². The molecule has 0 atom stereocenters. The van der Waals surface area contributed by atoms with Crippen molar-refractivity contribution in [2.24, 2.45) is 0 Å². The fourth-order valence-electron chi connectivity index (χ4n) is 0. The number of hydrogen-bond donors (Lipinski definition) is 2. The summed E-state index contributed by atoms with van der Waals surface area (Å²) in [7, 11) is -15.0. The second kappa shape index (κ2) is 12.2. The quantitative estimate of drug-likeness (QED) is 0.243. The third kappa shape index (κ3) is 3010. The molecule has 0 amide bonds. The van der Waals surface area contributed by atoms with Crippen LogP contribution >= 0.6 is 0 Å². The molecule has 0 aromatic rings. The van der Waals surface area contributed by atoms with Crippen molar-refractivity contribution in [1.82, 2.24) is 0 Å². The molecule has 0 aromatic carbocycles. The maximum Gasteiger partial charge on any atom is 2.00 e. The molecule has 12 nitrogen and oxygen atoms in total. The van der Waals surface area contributed by atoms with Crippen LogP contribution in [0, 0.1) is 0 Å². The number of hydrogen-bond acceptors (Lipinski definition) is 10. The summed E-state index contributed by atoms with van der Waals surface area (Å²) in [4.78, 5) is 0. The van der Waals surface area contributed by atoms with Crippen molar-refractivity contribution in [3.63, 3.8) is 0 Å². The molecule has 0 aliphatic heterocycles. The molecule has 0 radical (unpaired) electrons. The molecule has 0 rings (SSSR count). The molecule has 0 heterocycles. The van der Waals surface area contributed by atoms with E-state index in [-0.39, 0.29) is 46.1 Å². The van der Waals surface area contributed by atoms with Crippen molar-refractivity contribution >= 4 is 77.3 Å². The van der Waals surface area contributed by atoms with Crippen molar-refractivity contribution in [3.05, 3.63) is 0 Å². The summed E-state index contributed by atoms with van der Waals surface area (Å²) in [5.74, 6) is 0. The van der Waals surface area contributed by atoms with Gasteiger partial charge < -0.3 is 18.2 Å². The monoisotopic (exact) mass is 338 g/mol. The molecule has 0 saturated heterocycles. The van der Waals surface area contributed by atoms with E-state index in [1.807, 2.05) is 0 Å². The Bertz CT molecular complexity index is 341. The summed E-state index contributed by atoms with van der Waals surface area (Å²) >= 11 is 0. The molecule has 96 valence electrons. The zero-order valence-corrected chi connectivity index (χ0v) is 12.9. The van der Waals surface area contributed by atoms with E-state index >= 15 is 0 Å². The van der Waals surface area contributed by atoms with E-state index in [1.165, 1.54) is 0 Å². The van der Waals surface area contributed by atoms with Gasteiger partial charge in [0.05, 0.1) is 0 Å². The van der Waals surface area contributed by atoms with E-state index in [9.17, 15) is 0 Å². The van der Waals surface area contributed by atoms with Gasteiger partial charge in [-0.25, -0.2) is 0 Å². The molecule has 0 aliphatic rings. The molecule has 0 unspecified atom stereocenters. The van der Waals surface area contributed by atoms with Gasteiger partial charge in [0, 0.05) is 20.8 Å². The minimum atomic E-state index is -5.17. The van der Waals surface area contributed by atoms with Crippen LogP contribution in [0.1, 0.15) is 0 Å². The summed E-state index contributed by atoms with van der Waals surface area (Å²) in [5.41, 5.74) is 0. The fraction of sp³-hybridized carbons (Fsp3) is 0. The molecule has 0 aliphatic carbocycles. The van der Waals surface area contributed by atoms with Gasteiger partial charge in [0.15, 0.2) is 0 Å². The van der Waals surface area contributed by atoms with Crippen LogP contribution in [0.4, 0.5) is 0 Å². The fourth-order valence-corrected chi connectivity index (χ4v) is 0. The van der Waals surface area contributed by atoms with Gasteiger partial charge in [-0.2, -0.15) is 8.42 Å². The van der Waals surface area contributed by atoms with Crippen molar-refractivity contribution < 1.29 is 52.6 Å². The first-order valence-corrected chi connectivity index (χ1v) is 6.10. The molecule has 0 bridgehead atoms. The molecule has 0 aromatic heterocycles. The van der Waals surface area contributed by atoms with Gasteiger partial charge in [0.25, 0.3) is 0 Å². The zero-order valence-electron chi connectivity index (χ0n) is 7.62. The first-order chi connectivity index (χ1) is 6.00. The van der Waals surface area contributed by atoms with Crippen molar-refractivity contribution in [2.75, 3.05) is 0 Å². The van der Waals surface area contributed by atoms with Gasteiger partial charge in [-0.3, -0.25) is 25.9 Å². The normalized spacial score (nSPS) is 10.2. The van der Waals surface area contributed by atoms with Gasteiger partial charge in [0.1, 0.15) is 0 Å². The second-order valence-electron chi connectivity index (χ2n) is 1.26. The van der Waals surface area contributed by atoms with Gasteiger partial charge in [-0.1, -0.05) is 0 Å². The Morgan fingerprint density at radius 2 is 0.588 bits per heavy atom. The Labute approximate surface area is 129 Å². The third-order valence-electron chi connectivity index (χ3n) is 0. The summed E-state index contributed by atoms with van der Waals surface area (Å²) < 4.78 is 99.7. The number of rotatable bonds is 0. The predicted octanol–water partition coefficient (Wildman–Crippen LogP) is -4.09. The SMILES string of the molecule is O=S(=O)(O)O.O=S(=O)([O-])[O-].O=S(=O)([O-])[O-].[Mg+2].[Mg+2]. The van der Waals surface area contributed by atoms with Gasteiger partial charge >= 0.3 is 56.5 Å². The zero-order chi connectivity index (χ0) is 13.5. The molecule has 17 heteroatoms. The van der Waals surface area contributed by atoms with Crippen LogP contribution in [0.25, 0.3) is 0 Å². The van der Waals surface area contributed by atoms with Crippen molar-refractivity contribution in [2.45, 2.75) is 0 Å². The molecule has 2 N–H and O–H groups in total. The minimum Gasteiger partial charge on any atom is -0.759 e. The Hall–Kier alpha value is 1.14. The largest absolute Gasteiger partial charge is 2.00 e. The Kier molecular flexibility index (Phi) is 22.1. The maximum absolute atomic E-state index is 8.74. The van der Waals surface area contributed by atoms with E-state index in [2.05, 4.69) is 0 Å². The van der Waals surface area contributed by atoms with Crippen LogP contribution in [0.2, 0.25) is 0 Å². The first kappa shape index (κ1) is 30.9. The van der Waals surface area contributed by atoms with Crippen LogP contribution in [0.15, 0.2) is 0 Å². The van der Waals surface area contributed by atoms with E-state index in [1.54, 1.807) is 0 Å². The first-order valence-electron chi connectivity index (χ1n) is 2.03. The molecular formula is H2Mg2O12S3. The van der Waals surface area contributed by atoms with Gasteiger partial charge in [-0.15, -0.1) is 0 Å². The standard InChI is InChI=1S/2Mg.3H2O4S/c;;3*1-5(2,3)4/h;;3*(H2,1,2,3,4)/q2*+2;;;/p-4. The molecule has 0 saturated carbocycles. The summed E-state index contributed by atoms with van der Waals surface area (Å²) in [6.45, 7) is 0. The van der Waals surface area contributed by atoms with E-state index in [0.29, 0.717) is 0 Å². The second-order valence-corrected chi connectivity index (χ2v) is 3.79. The van der Waals surface area contributed by atoms with Crippen molar-refractivity contribution in [1.29, 1.82) is 0 Å². The summed E-state index contributed by atoms with van der Waals surface area (Å²) in [6.07, 6.45) is 0. The van der Waals surface area contributed by atoms with Gasteiger partial charge in [-0.05, 0) is 0 Å². The average Bonchev–Trinajstić information content (AvgIpc) is 1.41. The Morgan fingerprint density at radius 1 is 0.588 bits per heavy atom. The van der Waals surface area contributed by atoms with Crippen LogP contribution < -0.4 is 0 Å². The van der Waals surface area contributed by atoms with E-state index < -0.39 is 31.2 Å². The molecular weight excluding hydrogens is 337 g/mol. The predicted molar refractivity (Wildman–Crippen MR) is 46.6 cm³/mol. The Morgan fingerprint density at radius 3 is 0.588 bits per heavy atom. The van der Waals surface area contributed by atoms with Gasteiger partial charge in [0.2, 0.25) is 0 Å². The van der Waals surface area contributed by atoms with E-state index in [0.717, 1.165) is 0 Å². The third-order valence-corrected chi connectivity index (χ3v) is 0. The van der Waals surface area contributed by atoms with Crippen LogP contribution in [0.5, 0.6) is 0 Å². The molecule has 17 heavy (non-hydrogen) atoms. The average molecular weight is 339 g/mol. The smallest absolute Gasteiger partial charge is 0.759 e. The Balaban J connectivity index is -0.0000000400. The topological polar surface area (TPSA) is 235 Å². The summed E-state index contributed by atoms with van der Waals surface area (Å²) in [5, 5.41) is 0. The maximum atomic E-state index is 8.74. The van der Waals surface area contributed by atoms with E-state index in [4.69, 9.17) is 52.6 Å². The van der Waals surface area contributed by atoms with Crippen molar-refractivity contribution in [3.8, 4) is 0 Å². The van der Waals surface area contributed by atoms with Crippen LogP contribution in [-0.4, -0.2) is 98.7 Å². The van der Waals surface area contributed by atoms with Crippen LogP contribution in [-0.2, 0) is 31.2 Å². The minimum absolute atomic E-state index is 0. The summed E-state index contributed by atoms with van der Waals surface area (Å²) in [6, 6.07) is 0. The molecule has 0 fully saturated rings. The molecule has 0 spiro atoms.